The van der Waals surface area contributed by atoms with E-state index in [1.165, 1.54) is 5.56 Å². The monoisotopic (exact) mass is 253 g/mol. The van der Waals surface area contributed by atoms with Crippen LogP contribution in [0.1, 0.15) is 37.8 Å². The Kier molecular flexibility index (Phi) is 3.45. The molecule has 18 heavy (non-hydrogen) atoms. The lowest BCUT2D eigenvalue weighted by Crippen LogP contribution is -2.24. The Hall–Kier alpha value is -0.960. The first-order valence-electron chi connectivity index (χ1n) is 6.56. The van der Waals surface area contributed by atoms with E-state index in [2.05, 4.69) is 5.32 Å². The second kappa shape index (κ2) is 4.61. The zero-order chi connectivity index (χ0) is 13.4. The highest BCUT2D eigenvalue weighted by Crippen LogP contribution is 2.48. The minimum atomic E-state index is -2.74. The molecule has 0 aliphatic heterocycles. The fourth-order valence-corrected chi connectivity index (χ4v) is 2.44. The zero-order valence-corrected chi connectivity index (χ0v) is 11.3. The van der Waals surface area contributed by atoms with E-state index >= 15 is 0 Å². The second-order valence-corrected chi connectivity index (χ2v) is 5.67. The van der Waals surface area contributed by atoms with E-state index in [-0.39, 0.29) is 11.0 Å². The van der Waals surface area contributed by atoms with Crippen LogP contribution < -0.4 is 5.32 Å². The summed E-state index contributed by atoms with van der Waals surface area (Å²) in [6.07, 6.45) is 2.29. The average molecular weight is 253 g/mol. The van der Waals surface area contributed by atoms with Crippen LogP contribution in [0.4, 0.5) is 8.78 Å². The number of nitrogens with one attached hydrogen (secondary N) is 1. The number of likely N-dealkylation sites (N-methyl/N-ethyl adjacent to an activating group) is 1. The second-order valence-electron chi connectivity index (χ2n) is 5.67. The molecule has 1 N–H and O–H groups in total. The van der Waals surface area contributed by atoms with Gasteiger partial charge in [-0.05, 0) is 25.5 Å². The molecule has 2 rings (SSSR count). The van der Waals surface area contributed by atoms with Gasteiger partial charge in [0.1, 0.15) is 0 Å². The van der Waals surface area contributed by atoms with E-state index in [0.717, 1.165) is 19.4 Å². The predicted octanol–water partition coefficient (Wildman–Crippen LogP) is 3.69. The topological polar surface area (TPSA) is 12.0 Å². The van der Waals surface area contributed by atoms with E-state index in [1.54, 1.807) is 26.0 Å². The van der Waals surface area contributed by atoms with Gasteiger partial charge in [0.2, 0.25) is 0 Å². The molecule has 0 saturated heterocycles. The third kappa shape index (κ3) is 2.28. The summed E-state index contributed by atoms with van der Waals surface area (Å²) < 4.78 is 27.7. The molecule has 1 fully saturated rings. The van der Waals surface area contributed by atoms with Crippen molar-refractivity contribution in [3.8, 4) is 0 Å². The summed E-state index contributed by atoms with van der Waals surface area (Å²) in [5, 5.41) is 3.18. The van der Waals surface area contributed by atoms with Gasteiger partial charge < -0.3 is 5.32 Å². The highest BCUT2D eigenvalue weighted by Gasteiger charge is 2.44. The van der Waals surface area contributed by atoms with Gasteiger partial charge in [-0.3, -0.25) is 0 Å². The van der Waals surface area contributed by atoms with Crippen LogP contribution in [0.3, 0.4) is 0 Å². The van der Waals surface area contributed by atoms with E-state index in [1.807, 2.05) is 19.2 Å². The predicted molar refractivity (Wildman–Crippen MR) is 70.0 cm³/mol. The number of halogens is 2. The molecule has 0 amide bonds. The largest absolute Gasteiger partial charge is 0.319 e. The highest BCUT2D eigenvalue weighted by atomic mass is 19.3. The van der Waals surface area contributed by atoms with Crippen LogP contribution in [0.25, 0.3) is 0 Å². The Labute approximate surface area is 108 Å². The maximum Gasteiger partial charge on any atom is 0.275 e. The van der Waals surface area contributed by atoms with Crippen molar-refractivity contribution in [1.82, 2.24) is 5.32 Å². The number of rotatable bonds is 5. The van der Waals surface area contributed by atoms with Gasteiger partial charge in [0, 0.05) is 23.4 Å². The fourth-order valence-electron chi connectivity index (χ4n) is 2.44. The lowest BCUT2D eigenvalue weighted by Gasteiger charge is -2.22. The molecule has 0 unspecified atom stereocenters. The lowest BCUT2D eigenvalue weighted by molar-refractivity contribution is -0.0514. The summed E-state index contributed by atoms with van der Waals surface area (Å²) in [6.45, 7) is 4.03. The Morgan fingerprint density at radius 3 is 2.17 bits per heavy atom. The molecule has 100 valence electrons. The molecule has 0 atom stereocenters. The van der Waals surface area contributed by atoms with E-state index in [9.17, 15) is 8.78 Å². The molecule has 0 aromatic heterocycles. The van der Waals surface area contributed by atoms with Crippen LogP contribution in [0.15, 0.2) is 24.3 Å². The van der Waals surface area contributed by atoms with Crippen LogP contribution in [0.5, 0.6) is 0 Å². The Bertz CT molecular complexity index is 405. The fraction of sp³-hybridized carbons (Fsp3) is 0.600. The third-order valence-electron chi connectivity index (χ3n) is 3.98. The van der Waals surface area contributed by atoms with Crippen molar-refractivity contribution in [2.75, 3.05) is 13.6 Å². The standard InChI is InChI=1S/C15H21F2N/c1-11(2)15(16,17)13-6-4-12(5-7-13)14(8-9-14)10-18-3/h4-7,11,18H,8-10H2,1-3H3. The maximum atomic E-state index is 13.9. The summed E-state index contributed by atoms with van der Waals surface area (Å²) in [7, 11) is 1.93. The normalized spacial score (nSPS) is 18.1. The molecule has 1 nitrogen and oxygen atoms in total. The molecule has 0 radical (unpaired) electrons. The molecule has 0 spiro atoms. The molecule has 1 saturated carbocycles. The van der Waals surface area contributed by atoms with Crippen molar-refractivity contribution in [2.24, 2.45) is 5.92 Å². The van der Waals surface area contributed by atoms with Crippen molar-refractivity contribution >= 4 is 0 Å². The van der Waals surface area contributed by atoms with Gasteiger partial charge in [-0.25, -0.2) is 8.78 Å². The first-order valence-corrected chi connectivity index (χ1v) is 6.56. The van der Waals surface area contributed by atoms with Crippen LogP contribution in [-0.4, -0.2) is 13.6 Å². The van der Waals surface area contributed by atoms with Crippen molar-refractivity contribution in [1.29, 1.82) is 0 Å². The third-order valence-corrected chi connectivity index (χ3v) is 3.98. The van der Waals surface area contributed by atoms with Gasteiger partial charge in [0.25, 0.3) is 5.92 Å². The molecule has 1 aliphatic rings. The van der Waals surface area contributed by atoms with Crippen molar-refractivity contribution < 1.29 is 8.78 Å². The van der Waals surface area contributed by atoms with E-state index in [0.29, 0.717) is 0 Å². The molecule has 0 heterocycles. The van der Waals surface area contributed by atoms with Gasteiger partial charge in [-0.2, -0.15) is 0 Å². The molecule has 0 bridgehead atoms. The summed E-state index contributed by atoms with van der Waals surface area (Å²) in [5.74, 6) is -3.41. The summed E-state index contributed by atoms with van der Waals surface area (Å²) in [6, 6.07) is 6.92. The quantitative estimate of drug-likeness (QED) is 0.844. The number of hydrogen-bond donors (Lipinski definition) is 1. The smallest absolute Gasteiger partial charge is 0.275 e. The molecular formula is C15H21F2N. The van der Waals surface area contributed by atoms with Crippen molar-refractivity contribution in [3.63, 3.8) is 0 Å². The van der Waals surface area contributed by atoms with Crippen LogP contribution in [0.2, 0.25) is 0 Å². The molecule has 1 aliphatic carbocycles. The zero-order valence-electron chi connectivity index (χ0n) is 11.3. The van der Waals surface area contributed by atoms with Gasteiger partial charge >= 0.3 is 0 Å². The van der Waals surface area contributed by atoms with Gasteiger partial charge in [0.15, 0.2) is 0 Å². The lowest BCUT2D eigenvalue weighted by atomic mass is 9.91. The molecular weight excluding hydrogens is 232 g/mol. The number of benzene rings is 1. The summed E-state index contributed by atoms with van der Waals surface area (Å²) in [5.41, 5.74) is 1.50. The van der Waals surface area contributed by atoms with Gasteiger partial charge in [-0.1, -0.05) is 38.1 Å². The van der Waals surface area contributed by atoms with Crippen LogP contribution >= 0.6 is 0 Å². The summed E-state index contributed by atoms with van der Waals surface area (Å²) in [4.78, 5) is 0. The Morgan fingerprint density at radius 2 is 1.78 bits per heavy atom. The molecule has 1 aromatic rings. The van der Waals surface area contributed by atoms with Gasteiger partial charge in [-0.15, -0.1) is 0 Å². The molecule has 3 heteroatoms. The van der Waals surface area contributed by atoms with Crippen molar-refractivity contribution in [3.05, 3.63) is 35.4 Å². The van der Waals surface area contributed by atoms with Crippen LogP contribution in [0, 0.1) is 5.92 Å². The van der Waals surface area contributed by atoms with E-state index in [4.69, 9.17) is 0 Å². The van der Waals surface area contributed by atoms with Crippen LogP contribution in [-0.2, 0) is 11.3 Å². The Morgan fingerprint density at radius 1 is 1.22 bits per heavy atom. The maximum absolute atomic E-state index is 13.9. The number of hydrogen-bond acceptors (Lipinski definition) is 1. The Balaban J connectivity index is 2.21. The molecule has 1 aromatic carbocycles. The summed E-state index contributed by atoms with van der Waals surface area (Å²) >= 11 is 0. The van der Waals surface area contributed by atoms with E-state index < -0.39 is 11.8 Å². The minimum absolute atomic E-state index is 0.126. The van der Waals surface area contributed by atoms with Gasteiger partial charge in [0.05, 0.1) is 0 Å². The SMILES string of the molecule is CNCC1(c2ccc(C(F)(F)C(C)C)cc2)CC1. The van der Waals surface area contributed by atoms with Crippen molar-refractivity contribution in [2.45, 2.75) is 38.0 Å². The highest BCUT2D eigenvalue weighted by molar-refractivity contribution is 5.35. The minimum Gasteiger partial charge on any atom is -0.319 e. The number of alkyl halides is 2. The first kappa shape index (κ1) is 13.5. The average Bonchev–Trinajstić information content (AvgIpc) is 3.10. The first-order chi connectivity index (χ1) is 8.42.